The molecule has 218 valence electrons. The van der Waals surface area contributed by atoms with Crippen LogP contribution in [-0.2, 0) is 0 Å². The Balaban J connectivity index is 1.28. The molecule has 0 unspecified atom stereocenters. The molecule has 0 fully saturated rings. The maximum absolute atomic E-state index is 5.44. The molecule has 0 aliphatic heterocycles. The van der Waals surface area contributed by atoms with E-state index in [1.807, 2.05) is 0 Å². The summed E-state index contributed by atoms with van der Waals surface area (Å²) >= 11 is 0. The van der Waals surface area contributed by atoms with Crippen LogP contribution in [0.1, 0.15) is 0 Å². The number of fused-ring (bicyclic) bond motifs is 15. The summed E-state index contributed by atoms with van der Waals surface area (Å²) in [5.41, 5.74) is 8.24. The number of hydrogen-bond donors (Lipinski definition) is 0. The van der Waals surface area contributed by atoms with Gasteiger partial charge in [0.1, 0.15) is 11.6 Å². The van der Waals surface area contributed by atoms with E-state index in [2.05, 4.69) is 171 Å². The summed E-state index contributed by atoms with van der Waals surface area (Å²) in [6, 6.07) is 56.8. The molecule has 4 nitrogen and oxygen atoms in total. The summed E-state index contributed by atoms with van der Waals surface area (Å²) < 4.78 is 7.10. The maximum Gasteiger partial charge on any atom is 0.140 e. The van der Waals surface area contributed by atoms with Gasteiger partial charge in [-0.2, -0.15) is 0 Å². The Morgan fingerprint density at radius 3 is 1.38 bits per heavy atom. The van der Waals surface area contributed by atoms with E-state index in [0.29, 0.717) is 0 Å². The molecule has 5 heterocycles. The molecule has 0 N–H and O–H groups in total. The first-order chi connectivity index (χ1) is 23.3. The Labute approximate surface area is 268 Å². The third-order valence-electron chi connectivity index (χ3n) is 10.0. The van der Waals surface area contributed by atoms with E-state index in [4.69, 9.17) is 4.98 Å². The lowest BCUT2D eigenvalue weighted by molar-refractivity contribution is 1.01. The fourth-order valence-corrected chi connectivity index (χ4v) is 8.10. The van der Waals surface area contributed by atoms with Crippen molar-refractivity contribution in [1.29, 1.82) is 0 Å². The fraction of sp³-hybridized carbons (Fsp3) is 0. The molecule has 0 bridgehead atoms. The van der Waals surface area contributed by atoms with E-state index in [0.717, 1.165) is 28.2 Å². The number of rotatable bonds is 2. The van der Waals surface area contributed by atoms with Crippen LogP contribution in [0.2, 0.25) is 0 Å². The number of hydrogen-bond acceptors (Lipinski definition) is 1. The van der Waals surface area contributed by atoms with Gasteiger partial charge in [-0.05, 0) is 53.9 Å². The zero-order valence-corrected chi connectivity index (χ0v) is 25.3. The highest BCUT2D eigenvalue weighted by Gasteiger charge is 2.20. The van der Waals surface area contributed by atoms with Crippen LogP contribution in [0.25, 0.3) is 93.3 Å². The van der Waals surface area contributed by atoms with Crippen LogP contribution in [-0.4, -0.2) is 18.5 Å². The van der Waals surface area contributed by atoms with Crippen molar-refractivity contribution in [1.82, 2.24) is 18.5 Å². The lowest BCUT2D eigenvalue weighted by atomic mass is 10.1. The van der Waals surface area contributed by atoms with Gasteiger partial charge in [-0.15, -0.1) is 0 Å². The SMILES string of the molecule is c1cc(-n2c3ccccc3c3ccccc32)nc(-n2c3ccccc3c3ccc4c(cc5c6ccccc6c6ccccc6n54)c32)c1. The minimum atomic E-state index is 0.896. The van der Waals surface area contributed by atoms with Crippen LogP contribution in [0.15, 0.2) is 158 Å². The van der Waals surface area contributed by atoms with Crippen LogP contribution in [0.4, 0.5) is 0 Å². The number of pyridine rings is 2. The van der Waals surface area contributed by atoms with E-state index >= 15 is 0 Å². The van der Waals surface area contributed by atoms with Crippen molar-refractivity contribution in [2.75, 3.05) is 0 Å². The van der Waals surface area contributed by atoms with E-state index in [1.165, 1.54) is 65.2 Å². The monoisotopic (exact) mass is 598 g/mol. The molecular formula is C43H26N4. The molecule has 6 aromatic carbocycles. The smallest absolute Gasteiger partial charge is 0.140 e. The van der Waals surface area contributed by atoms with Gasteiger partial charge in [-0.1, -0.05) is 109 Å². The highest BCUT2D eigenvalue weighted by atomic mass is 15.1. The Bertz CT molecular complexity index is 3030. The zero-order valence-electron chi connectivity index (χ0n) is 25.3. The van der Waals surface area contributed by atoms with E-state index in [-0.39, 0.29) is 0 Å². The lowest BCUT2D eigenvalue weighted by Gasteiger charge is -2.12. The summed E-state index contributed by atoms with van der Waals surface area (Å²) in [5.74, 6) is 1.80. The number of benzene rings is 6. The molecule has 0 radical (unpaired) electrons. The van der Waals surface area contributed by atoms with Crippen molar-refractivity contribution >= 4 is 81.7 Å². The first-order valence-electron chi connectivity index (χ1n) is 16.1. The molecule has 47 heavy (non-hydrogen) atoms. The molecular weight excluding hydrogens is 573 g/mol. The summed E-state index contributed by atoms with van der Waals surface area (Å²) in [6.07, 6.45) is 0. The van der Waals surface area contributed by atoms with Crippen LogP contribution < -0.4 is 0 Å². The van der Waals surface area contributed by atoms with Crippen molar-refractivity contribution in [2.24, 2.45) is 0 Å². The van der Waals surface area contributed by atoms with Crippen LogP contribution >= 0.6 is 0 Å². The van der Waals surface area contributed by atoms with Crippen molar-refractivity contribution < 1.29 is 0 Å². The Morgan fingerprint density at radius 2 is 0.745 bits per heavy atom. The first kappa shape index (κ1) is 24.9. The molecule has 0 saturated heterocycles. The highest BCUT2D eigenvalue weighted by molar-refractivity contribution is 6.22. The van der Waals surface area contributed by atoms with E-state index in [9.17, 15) is 0 Å². The minimum Gasteiger partial charge on any atom is -0.309 e. The van der Waals surface area contributed by atoms with Gasteiger partial charge in [-0.25, -0.2) is 4.98 Å². The van der Waals surface area contributed by atoms with Gasteiger partial charge in [0, 0.05) is 37.7 Å². The van der Waals surface area contributed by atoms with Gasteiger partial charge in [0.25, 0.3) is 0 Å². The predicted molar refractivity (Wildman–Crippen MR) is 196 cm³/mol. The van der Waals surface area contributed by atoms with E-state index in [1.54, 1.807) is 0 Å². The second kappa shape index (κ2) is 9.09. The largest absolute Gasteiger partial charge is 0.309 e. The maximum atomic E-state index is 5.44. The number of aromatic nitrogens is 4. The Kier molecular flexibility index (Phi) is 4.81. The summed E-state index contributed by atoms with van der Waals surface area (Å²) in [5, 5.41) is 9.90. The second-order valence-electron chi connectivity index (χ2n) is 12.4. The summed E-state index contributed by atoms with van der Waals surface area (Å²) in [6.45, 7) is 0. The van der Waals surface area contributed by atoms with Crippen LogP contribution in [0.5, 0.6) is 0 Å². The third-order valence-corrected chi connectivity index (χ3v) is 10.0. The minimum absolute atomic E-state index is 0.896. The van der Waals surface area contributed by atoms with Crippen molar-refractivity contribution in [2.45, 2.75) is 0 Å². The molecule has 0 atom stereocenters. The first-order valence-corrected chi connectivity index (χ1v) is 16.1. The average Bonchev–Trinajstić information content (AvgIpc) is 3.80. The lowest BCUT2D eigenvalue weighted by Crippen LogP contribution is -2.03. The Hall–Kier alpha value is -6.39. The topological polar surface area (TPSA) is 27.2 Å². The van der Waals surface area contributed by atoms with Crippen molar-refractivity contribution in [3.8, 4) is 11.6 Å². The molecule has 5 aromatic heterocycles. The quantitative estimate of drug-likeness (QED) is 0.182. The molecule has 0 aliphatic carbocycles. The summed E-state index contributed by atoms with van der Waals surface area (Å²) in [4.78, 5) is 5.44. The highest BCUT2D eigenvalue weighted by Crippen LogP contribution is 2.41. The van der Waals surface area contributed by atoms with Crippen LogP contribution in [0, 0.1) is 0 Å². The Morgan fingerprint density at radius 1 is 0.298 bits per heavy atom. The van der Waals surface area contributed by atoms with Crippen molar-refractivity contribution in [3.05, 3.63) is 158 Å². The fourth-order valence-electron chi connectivity index (χ4n) is 8.10. The summed E-state index contributed by atoms with van der Waals surface area (Å²) in [7, 11) is 0. The average molecular weight is 599 g/mol. The van der Waals surface area contributed by atoms with Crippen LogP contribution in [0.3, 0.4) is 0 Å². The van der Waals surface area contributed by atoms with E-state index < -0.39 is 0 Å². The molecule has 0 saturated carbocycles. The molecule has 0 spiro atoms. The molecule has 0 aliphatic rings. The number of para-hydroxylation sites is 4. The van der Waals surface area contributed by atoms with Crippen molar-refractivity contribution in [3.63, 3.8) is 0 Å². The third kappa shape index (κ3) is 3.23. The molecule has 4 heteroatoms. The predicted octanol–water partition coefficient (Wildman–Crippen LogP) is 11.0. The van der Waals surface area contributed by atoms with Gasteiger partial charge >= 0.3 is 0 Å². The normalized spacial score (nSPS) is 12.3. The molecule has 11 aromatic rings. The zero-order chi connectivity index (χ0) is 30.6. The molecule has 11 rings (SSSR count). The molecule has 0 amide bonds. The van der Waals surface area contributed by atoms with Gasteiger partial charge in [-0.3, -0.25) is 9.13 Å². The van der Waals surface area contributed by atoms with Gasteiger partial charge in [0.05, 0.1) is 38.6 Å². The van der Waals surface area contributed by atoms with Gasteiger partial charge in [0.15, 0.2) is 0 Å². The van der Waals surface area contributed by atoms with Gasteiger partial charge in [0.2, 0.25) is 0 Å². The number of nitrogens with zero attached hydrogens (tertiary/aromatic N) is 4. The van der Waals surface area contributed by atoms with Gasteiger partial charge < -0.3 is 4.40 Å². The standard InChI is InChI=1S/C43H26N4/c1-2-14-29-27(12-1)28-13-3-7-18-35(28)45-39-25-24-33-32-17-6-10-21-38(32)47(43(33)34(39)26-40(29)45)42-23-11-22-41(44-42)46-36-19-8-4-15-30(36)31-16-5-9-20-37(31)46/h1-26H. The second-order valence-corrected chi connectivity index (χ2v) is 12.4.